The summed E-state index contributed by atoms with van der Waals surface area (Å²) in [4.78, 5) is 17.6. The van der Waals surface area contributed by atoms with Crippen molar-refractivity contribution in [2.24, 2.45) is 0 Å². The highest BCUT2D eigenvalue weighted by Gasteiger charge is 2.12. The van der Waals surface area contributed by atoms with Gasteiger partial charge < -0.3 is 4.74 Å². The number of para-hydroxylation sites is 1. The van der Waals surface area contributed by atoms with E-state index in [-0.39, 0.29) is 5.56 Å². The highest BCUT2D eigenvalue weighted by molar-refractivity contribution is 7.15. The molecule has 0 unspecified atom stereocenters. The van der Waals surface area contributed by atoms with E-state index in [1.165, 1.54) is 15.9 Å². The van der Waals surface area contributed by atoms with Gasteiger partial charge in [0, 0.05) is 16.1 Å². The van der Waals surface area contributed by atoms with Gasteiger partial charge in [0.15, 0.2) is 5.82 Å². The number of nitrogens with zero attached hydrogens (tertiary/aromatic N) is 3. The summed E-state index contributed by atoms with van der Waals surface area (Å²) in [6.45, 7) is 0. The SMILES string of the molecule is COc1ccccc1/C=c1/sc2nc(-c3ccc(Cl)cc3)nn2c1=O. The summed E-state index contributed by atoms with van der Waals surface area (Å²) in [5.41, 5.74) is 1.46. The van der Waals surface area contributed by atoms with Crippen molar-refractivity contribution >= 4 is 34.0 Å². The predicted molar refractivity (Wildman–Crippen MR) is 99.4 cm³/mol. The van der Waals surface area contributed by atoms with E-state index >= 15 is 0 Å². The maximum Gasteiger partial charge on any atom is 0.291 e. The molecule has 0 saturated heterocycles. The van der Waals surface area contributed by atoms with Gasteiger partial charge in [0.05, 0.1) is 11.6 Å². The molecule has 2 heterocycles. The van der Waals surface area contributed by atoms with Crippen molar-refractivity contribution < 1.29 is 4.74 Å². The van der Waals surface area contributed by atoms with Crippen molar-refractivity contribution in [3.63, 3.8) is 0 Å². The lowest BCUT2D eigenvalue weighted by Crippen LogP contribution is -2.23. The normalized spacial score (nSPS) is 12.0. The van der Waals surface area contributed by atoms with Crippen LogP contribution in [0.15, 0.2) is 53.3 Å². The van der Waals surface area contributed by atoms with Crippen LogP contribution in [0.25, 0.3) is 22.4 Å². The molecule has 25 heavy (non-hydrogen) atoms. The van der Waals surface area contributed by atoms with Crippen LogP contribution in [-0.2, 0) is 0 Å². The molecule has 0 atom stereocenters. The second-order valence-electron chi connectivity index (χ2n) is 5.29. The van der Waals surface area contributed by atoms with E-state index in [0.29, 0.717) is 26.1 Å². The first-order chi connectivity index (χ1) is 12.2. The molecule has 4 rings (SSSR count). The maximum absolute atomic E-state index is 12.6. The van der Waals surface area contributed by atoms with Crippen molar-refractivity contribution in [1.82, 2.24) is 14.6 Å². The average molecular weight is 370 g/mol. The topological polar surface area (TPSA) is 56.5 Å². The quantitative estimate of drug-likeness (QED) is 0.557. The van der Waals surface area contributed by atoms with Gasteiger partial charge in [-0.05, 0) is 36.4 Å². The van der Waals surface area contributed by atoms with Gasteiger partial charge >= 0.3 is 0 Å². The van der Waals surface area contributed by atoms with Gasteiger partial charge in [-0.2, -0.15) is 9.50 Å². The number of hydrogen-bond acceptors (Lipinski definition) is 5. The van der Waals surface area contributed by atoms with Gasteiger partial charge in [-0.15, -0.1) is 5.10 Å². The summed E-state index contributed by atoms with van der Waals surface area (Å²) in [5.74, 6) is 1.21. The summed E-state index contributed by atoms with van der Waals surface area (Å²) >= 11 is 7.19. The van der Waals surface area contributed by atoms with Crippen LogP contribution in [0.3, 0.4) is 0 Å². The van der Waals surface area contributed by atoms with E-state index in [1.807, 2.05) is 36.4 Å². The summed E-state index contributed by atoms with van der Waals surface area (Å²) in [5, 5.41) is 4.97. The van der Waals surface area contributed by atoms with Crippen LogP contribution in [0, 0.1) is 0 Å². The van der Waals surface area contributed by atoms with Crippen molar-refractivity contribution in [3.8, 4) is 17.1 Å². The molecule has 2 aromatic heterocycles. The summed E-state index contributed by atoms with van der Waals surface area (Å²) in [6, 6.07) is 14.7. The minimum atomic E-state index is -0.196. The van der Waals surface area contributed by atoms with E-state index in [9.17, 15) is 4.79 Å². The van der Waals surface area contributed by atoms with Gasteiger partial charge in [0.2, 0.25) is 4.96 Å². The van der Waals surface area contributed by atoms with Crippen molar-refractivity contribution in [1.29, 1.82) is 0 Å². The van der Waals surface area contributed by atoms with Crippen molar-refractivity contribution in [2.75, 3.05) is 7.11 Å². The van der Waals surface area contributed by atoms with Crippen molar-refractivity contribution in [3.05, 3.63) is 74.0 Å². The lowest BCUT2D eigenvalue weighted by molar-refractivity contribution is 0.414. The Balaban J connectivity index is 1.82. The first-order valence-corrected chi connectivity index (χ1v) is 8.65. The van der Waals surface area contributed by atoms with E-state index in [4.69, 9.17) is 16.3 Å². The third kappa shape index (κ3) is 2.90. The van der Waals surface area contributed by atoms with E-state index in [2.05, 4.69) is 10.1 Å². The minimum Gasteiger partial charge on any atom is -0.496 e. The number of aromatic nitrogens is 3. The molecule has 0 amide bonds. The summed E-state index contributed by atoms with van der Waals surface area (Å²) in [6.07, 6.45) is 1.80. The van der Waals surface area contributed by atoms with Gasteiger partial charge in [-0.3, -0.25) is 4.79 Å². The van der Waals surface area contributed by atoms with Crippen LogP contribution in [0.1, 0.15) is 5.56 Å². The first-order valence-electron chi connectivity index (χ1n) is 7.46. The van der Waals surface area contributed by atoms with Crippen LogP contribution >= 0.6 is 22.9 Å². The lowest BCUT2D eigenvalue weighted by Gasteiger charge is -2.02. The Morgan fingerprint density at radius 3 is 2.64 bits per heavy atom. The molecule has 2 aromatic carbocycles. The molecule has 0 N–H and O–H groups in total. The molecular weight excluding hydrogens is 358 g/mol. The van der Waals surface area contributed by atoms with Crippen LogP contribution in [0.4, 0.5) is 0 Å². The Bertz CT molecular complexity index is 1170. The number of ether oxygens (including phenoxy) is 1. The second kappa shape index (κ2) is 6.31. The Kier molecular flexibility index (Phi) is 3.99. The maximum atomic E-state index is 12.6. The molecule has 0 aliphatic carbocycles. The van der Waals surface area contributed by atoms with Crippen LogP contribution in [-0.4, -0.2) is 21.7 Å². The standard InChI is InChI=1S/C18H12ClN3O2S/c1-24-14-5-3-2-4-12(14)10-15-17(23)22-18(25-15)20-16(21-22)11-6-8-13(19)9-7-11/h2-10H,1H3/b15-10+. The number of fused-ring (bicyclic) bond motifs is 1. The lowest BCUT2D eigenvalue weighted by atomic mass is 10.2. The van der Waals surface area contributed by atoms with Crippen LogP contribution in [0.2, 0.25) is 5.02 Å². The largest absolute Gasteiger partial charge is 0.496 e. The zero-order chi connectivity index (χ0) is 17.4. The van der Waals surface area contributed by atoms with E-state index < -0.39 is 0 Å². The van der Waals surface area contributed by atoms with Crippen molar-refractivity contribution in [2.45, 2.75) is 0 Å². The molecule has 5 nitrogen and oxygen atoms in total. The van der Waals surface area contributed by atoms with Crippen LogP contribution < -0.4 is 14.8 Å². The number of hydrogen-bond donors (Lipinski definition) is 0. The fourth-order valence-electron chi connectivity index (χ4n) is 2.48. The zero-order valence-electron chi connectivity index (χ0n) is 13.1. The minimum absolute atomic E-state index is 0.196. The molecular formula is C18H12ClN3O2S. The summed E-state index contributed by atoms with van der Waals surface area (Å²) < 4.78 is 7.21. The second-order valence-corrected chi connectivity index (χ2v) is 6.74. The Hall–Kier alpha value is -2.70. The number of halogens is 1. The van der Waals surface area contributed by atoms with Gasteiger partial charge in [-0.1, -0.05) is 41.1 Å². The Morgan fingerprint density at radius 2 is 1.92 bits per heavy atom. The molecule has 4 aromatic rings. The molecule has 7 heteroatoms. The highest BCUT2D eigenvalue weighted by Crippen LogP contribution is 2.20. The van der Waals surface area contributed by atoms with Gasteiger partial charge in [0.1, 0.15) is 5.75 Å². The Labute approximate surface area is 151 Å². The number of thiazole rings is 1. The summed E-state index contributed by atoms with van der Waals surface area (Å²) in [7, 11) is 1.60. The van der Waals surface area contributed by atoms with Gasteiger partial charge in [-0.25, -0.2) is 0 Å². The number of rotatable bonds is 3. The third-order valence-electron chi connectivity index (χ3n) is 3.71. The average Bonchev–Trinajstić information content (AvgIpc) is 3.16. The number of benzene rings is 2. The predicted octanol–water partition coefficient (Wildman–Crippen LogP) is 3.03. The monoisotopic (exact) mass is 369 g/mol. The van der Waals surface area contributed by atoms with E-state index in [0.717, 1.165) is 11.1 Å². The molecule has 0 saturated carbocycles. The van der Waals surface area contributed by atoms with E-state index in [1.54, 1.807) is 25.3 Å². The fourth-order valence-corrected chi connectivity index (χ4v) is 3.51. The molecule has 0 bridgehead atoms. The molecule has 0 radical (unpaired) electrons. The smallest absolute Gasteiger partial charge is 0.291 e. The van der Waals surface area contributed by atoms with Crippen LogP contribution in [0.5, 0.6) is 5.75 Å². The molecule has 124 valence electrons. The molecule has 0 fully saturated rings. The zero-order valence-corrected chi connectivity index (χ0v) is 14.7. The highest BCUT2D eigenvalue weighted by atomic mass is 35.5. The third-order valence-corrected chi connectivity index (χ3v) is 4.92. The first kappa shape index (κ1) is 15.8. The number of methoxy groups -OCH3 is 1. The molecule has 0 spiro atoms. The molecule has 0 aliphatic heterocycles. The molecule has 0 aliphatic rings. The fraction of sp³-hybridized carbons (Fsp3) is 0.0556. The van der Waals surface area contributed by atoms with Gasteiger partial charge in [0.25, 0.3) is 5.56 Å². The Morgan fingerprint density at radius 1 is 1.16 bits per heavy atom.